The van der Waals surface area contributed by atoms with Gasteiger partial charge in [0.1, 0.15) is 0 Å². The fourth-order valence-corrected chi connectivity index (χ4v) is 3.14. The molecule has 2 aromatic rings. The van der Waals surface area contributed by atoms with Crippen LogP contribution in [0.25, 0.3) is 11.4 Å². The highest BCUT2D eigenvalue weighted by Crippen LogP contribution is 2.23. The number of aromatic nitrogens is 2. The fraction of sp³-hybridized carbons (Fsp3) is 0.526. The van der Waals surface area contributed by atoms with E-state index in [1.54, 1.807) is 0 Å². The van der Waals surface area contributed by atoms with Crippen molar-refractivity contribution in [3.8, 4) is 11.4 Å². The summed E-state index contributed by atoms with van der Waals surface area (Å²) >= 11 is 0. The van der Waals surface area contributed by atoms with Gasteiger partial charge >= 0.3 is 0 Å². The van der Waals surface area contributed by atoms with Crippen LogP contribution in [0.15, 0.2) is 28.8 Å². The van der Waals surface area contributed by atoms with Crippen molar-refractivity contribution in [2.24, 2.45) is 5.73 Å². The van der Waals surface area contributed by atoms with Crippen LogP contribution in [0.4, 0.5) is 0 Å². The molecule has 3 rings (SSSR count). The molecule has 7 nitrogen and oxygen atoms in total. The van der Waals surface area contributed by atoms with Crippen molar-refractivity contribution in [3.05, 3.63) is 35.7 Å². The van der Waals surface area contributed by atoms with E-state index in [0.717, 1.165) is 18.7 Å². The summed E-state index contributed by atoms with van der Waals surface area (Å²) in [5.74, 6) is 1.35. The third-order valence-electron chi connectivity index (χ3n) is 4.82. The normalized spacial score (nSPS) is 16.6. The maximum atomic E-state index is 12.1. The van der Waals surface area contributed by atoms with Crippen molar-refractivity contribution in [3.63, 3.8) is 0 Å². The van der Waals surface area contributed by atoms with E-state index in [4.69, 9.17) is 10.3 Å². The Hall–Kier alpha value is -1.67. The second-order valence-electron chi connectivity index (χ2n) is 7.10. The lowest BCUT2D eigenvalue weighted by Gasteiger charge is -2.37. The molecule has 28 heavy (non-hydrogen) atoms. The molecule has 1 aromatic carbocycles. The van der Waals surface area contributed by atoms with Crippen LogP contribution in [0.2, 0.25) is 0 Å². The Morgan fingerprint density at radius 2 is 1.75 bits per heavy atom. The number of piperazine rings is 1. The van der Waals surface area contributed by atoms with E-state index >= 15 is 0 Å². The first-order chi connectivity index (χ1) is 12.4. The van der Waals surface area contributed by atoms with E-state index in [9.17, 15) is 4.79 Å². The summed E-state index contributed by atoms with van der Waals surface area (Å²) in [5, 5.41) is 4.12. The Morgan fingerprint density at radius 1 is 1.14 bits per heavy atom. The summed E-state index contributed by atoms with van der Waals surface area (Å²) in [5.41, 5.74) is 7.87. The quantitative estimate of drug-likeness (QED) is 0.785. The zero-order valence-corrected chi connectivity index (χ0v) is 18.1. The molecule has 0 aliphatic carbocycles. The first-order valence-corrected chi connectivity index (χ1v) is 9.12. The Labute approximate surface area is 178 Å². The van der Waals surface area contributed by atoms with Crippen LogP contribution in [0.1, 0.15) is 37.8 Å². The van der Waals surface area contributed by atoms with Crippen LogP contribution in [0.5, 0.6) is 0 Å². The van der Waals surface area contributed by atoms with Crippen LogP contribution in [0.3, 0.4) is 0 Å². The predicted molar refractivity (Wildman–Crippen MR) is 114 cm³/mol. The number of benzene rings is 1. The van der Waals surface area contributed by atoms with Crippen molar-refractivity contribution < 1.29 is 9.32 Å². The van der Waals surface area contributed by atoms with E-state index in [0.29, 0.717) is 31.2 Å². The van der Waals surface area contributed by atoms with Gasteiger partial charge in [0, 0.05) is 44.2 Å². The molecule has 2 unspecified atom stereocenters. The standard InChI is InChI=1S/C19H27N5O2.2ClH/c1-13-4-6-16(7-5-13)18-21-19(26-22-18)15(3)23-8-10-24(11-9-23)17(25)12-14(2)20;;/h4-7,14-15H,8-12,20H2,1-3H3;2*1H. The first-order valence-electron chi connectivity index (χ1n) is 9.12. The number of carbonyl (C=O) groups excluding carboxylic acids is 1. The first kappa shape index (κ1) is 24.4. The molecule has 1 fully saturated rings. The van der Waals surface area contributed by atoms with E-state index in [1.165, 1.54) is 5.56 Å². The van der Waals surface area contributed by atoms with Crippen LogP contribution in [0, 0.1) is 6.92 Å². The highest BCUT2D eigenvalue weighted by atomic mass is 35.5. The SMILES string of the molecule is Cc1ccc(-c2noc(C(C)N3CCN(C(=O)CC(C)N)CC3)n2)cc1.Cl.Cl. The lowest BCUT2D eigenvalue weighted by Crippen LogP contribution is -2.50. The molecular weight excluding hydrogens is 401 g/mol. The number of nitrogens with zero attached hydrogens (tertiary/aromatic N) is 4. The van der Waals surface area contributed by atoms with Gasteiger partial charge in [-0.3, -0.25) is 9.69 Å². The molecule has 1 saturated heterocycles. The summed E-state index contributed by atoms with van der Waals surface area (Å²) in [6.07, 6.45) is 0.402. The van der Waals surface area contributed by atoms with Crippen molar-refractivity contribution in [1.82, 2.24) is 19.9 Å². The van der Waals surface area contributed by atoms with Gasteiger partial charge in [0.2, 0.25) is 17.6 Å². The number of aryl methyl sites for hydroxylation is 1. The topological polar surface area (TPSA) is 88.5 Å². The minimum Gasteiger partial charge on any atom is -0.340 e. The van der Waals surface area contributed by atoms with Crippen molar-refractivity contribution in [2.45, 2.75) is 39.3 Å². The van der Waals surface area contributed by atoms with Gasteiger partial charge in [0.05, 0.1) is 6.04 Å². The molecule has 0 saturated carbocycles. The maximum Gasteiger partial charge on any atom is 0.244 e. The molecule has 2 heterocycles. The van der Waals surface area contributed by atoms with Crippen molar-refractivity contribution >= 4 is 30.7 Å². The Kier molecular flexibility index (Phi) is 9.36. The lowest BCUT2D eigenvalue weighted by molar-refractivity contribution is -0.133. The lowest BCUT2D eigenvalue weighted by atomic mass is 10.1. The Balaban J connectivity index is 0.00000196. The van der Waals surface area contributed by atoms with Crippen LogP contribution in [-0.2, 0) is 4.79 Å². The largest absolute Gasteiger partial charge is 0.340 e. The smallest absolute Gasteiger partial charge is 0.244 e. The molecule has 156 valence electrons. The van der Waals surface area contributed by atoms with E-state index in [-0.39, 0.29) is 42.8 Å². The molecule has 0 radical (unpaired) electrons. The molecule has 2 atom stereocenters. The number of nitrogens with two attached hydrogens (primary N) is 1. The Bertz CT molecular complexity index is 743. The number of carbonyl (C=O) groups is 1. The van der Waals surface area contributed by atoms with Crippen molar-refractivity contribution in [1.29, 1.82) is 0 Å². The number of hydrogen-bond acceptors (Lipinski definition) is 6. The molecule has 1 aliphatic heterocycles. The van der Waals surface area contributed by atoms with Gasteiger partial charge in [-0.2, -0.15) is 4.98 Å². The minimum atomic E-state index is -0.0990. The van der Waals surface area contributed by atoms with Gasteiger partial charge in [0.15, 0.2) is 0 Å². The van der Waals surface area contributed by atoms with Crippen LogP contribution < -0.4 is 5.73 Å². The average Bonchev–Trinajstić information content (AvgIpc) is 3.11. The van der Waals surface area contributed by atoms with Gasteiger partial charge in [-0.15, -0.1) is 24.8 Å². The molecule has 1 amide bonds. The van der Waals surface area contributed by atoms with Crippen LogP contribution in [-0.4, -0.2) is 58.1 Å². The third-order valence-corrected chi connectivity index (χ3v) is 4.82. The fourth-order valence-electron chi connectivity index (χ4n) is 3.14. The molecular formula is C19H29Cl2N5O2. The highest BCUT2D eigenvalue weighted by molar-refractivity contribution is 5.85. The zero-order valence-electron chi connectivity index (χ0n) is 16.5. The summed E-state index contributed by atoms with van der Waals surface area (Å²) < 4.78 is 5.49. The van der Waals surface area contributed by atoms with E-state index in [1.807, 2.05) is 43.0 Å². The summed E-state index contributed by atoms with van der Waals surface area (Å²) in [7, 11) is 0. The molecule has 2 N–H and O–H groups in total. The maximum absolute atomic E-state index is 12.1. The molecule has 0 bridgehead atoms. The van der Waals surface area contributed by atoms with Gasteiger partial charge in [0.25, 0.3) is 0 Å². The molecule has 9 heteroatoms. The monoisotopic (exact) mass is 429 g/mol. The highest BCUT2D eigenvalue weighted by Gasteiger charge is 2.27. The van der Waals surface area contributed by atoms with Gasteiger partial charge < -0.3 is 15.2 Å². The average molecular weight is 430 g/mol. The molecule has 1 aliphatic rings. The summed E-state index contributed by atoms with van der Waals surface area (Å²) in [6, 6.07) is 7.99. The molecule has 0 spiro atoms. The Morgan fingerprint density at radius 3 is 2.32 bits per heavy atom. The zero-order chi connectivity index (χ0) is 18.7. The van der Waals surface area contributed by atoms with Gasteiger partial charge in [-0.1, -0.05) is 35.0 Å². The number of rotatable bonds is 5. The number of hydrogen-bond donors (Lipinski definition) is 1. The summed E-state index contributed by atoms with van der Waals surface area (Å²) in [6.45, 7) is 8.95. The van der Waals surface area contributed by atoms with Crippen LogP contribution >= 0.6 is 24.8 Å². The van der Waals surface area contributed by atoms with Gasteiger partial charge in [-0.25, -0.2) is 0 Å². The van der Waals surface area contributed by atoms with E-state index < -0.39 is 0 Å². The van der Waals surface area contributed by atoms with Crippen molar-refractivity contribution in [2.75, 3.05) is 26.2 Å². The number of amides is 1. The predicted octanol–water partition coefficient (Wildman–Crippen LogP) is 2.83. The van der Waals surface area contributed by atoms with Gasteiger partial charge in [-0.05, 0) is 20.8 Å². The summed E-state index contributed by atoms with van der Waals surface area (Å²) in [4.78, 5) is 20.8. The van der Waals surface area contributed by atoms with E-state index in [2.05, 4.69) is 22.0 Å². The number of halogens is 2. The second-order valence-corrected chi connectivity index (χ2v) is 7.10. The molecule has 1 aromatic heterocycles. The minimum absolute atomic E-state index is 0. The second kappa shape index (κ2) is 10.8. The third kappa shape index (κ3) is 5.91.